The van der Waals surface area contributed by atoms with E-state index < -0.39 is 12.3 Å². The maximum atomic E-state index is 10.8. The molecule has 0 saturated carbocycles. The first-order valence-corrected chi connectivity index (χ1v) is 3.10. The van der Waals surface area contributed by atoms with Gasteiger partial charge in [0, 0.05) is 14.2 Å². The number of rotatable bonds is 4. The van der Waals surface area contributed by atoms with Gasteiger partial charge in [-0.2, -0.15) is 0 Å². The first kappa shape index (κ1) is 15.3. The van der Waals surface area contributed by atoms with Crippen molar-refractivity contribution in [2.75, 3.05) is 21.3 Å². The average Bonchev–Trinajstić information content (AvgIpc) is 2.12. The summed E-state index contributed by atoms with van der Waals surface area (Å²) in [4.78, 5) is 21.1. The number of esters is 1. The predicted molar refractivity (Wildman–Crippen MR) is 46.2 cm³/mol. The van der Waals surface area contributed by atoms with Crippen molar-refractivity contribution in [3.8, 4) is 0 Å². The molecule has 0 aliphatic carbocycles. The van der Waals surface area contributed by atoms with Crippen molar-refractivity contribution in [1.82, 2.24) is 0 Å². The van der Waals surface area contributed by atoms with Crippen LogP contribution in [0, 0.1) is 0 Å². The predicted octanol–water partition coefficient (Wildman–Crippen LogP) is -1.11. The molecule has 0 aromatic carbocycles. The van der Waals surface area contributed by atoms with Crippen LogP contribution in [0.2, 0.25) is 0 Å². The van der Waals surface area contributed by atoms with E-state index in [-0.39, 0.29) is 35.1 Å². The molecule has 0 atom stereocenters. The van der Waals surface area contributed by atoms with Gasteiger partial charge in [-0.05, 0) is 0 Å². The number of carbonyl (C=O) groups is 1. The molecule has 6 heteroatoms. The Kier molecular flexibility index (Phi) is 9.94. The molecule has 0 aromatic rings. The number of methoxy groups -OCH3 is 3. The monoisotopic (exact) mass is 198 g/mol. The zero-order valence-corrected chi connectivity index (χ0v) is 7.12. The summed E-state index contributed by atoms with van der Waals surface area (Å²) in [5, 5.41) is 0. The van der Waals surface area contributed by atoms with Crippen molar-refractivity contribution in [1.29, 1.82) is 0 Å². The average molecular weight is 198 g/mol. The summed E-state index contributed by atoms with van der Waals surface area (Å²) in [7, 11) is 3.75. The van der Waals surface area contributed by atoms with Gasteiger partial charge in [-0.25, -0.2) is 9.59 Å². The van der Waals surface area contributed by atoms with Crippen LogP contribution in [-0.4, -0.2) is 69.1 Å². The second kappa shape index (κ2) is 8.44. The van der Waals surface area contributed by atoms with Gasteiger partial charge in [0.15, 0.2) is 5.57 Å². The number of hydrogen-bond acceptors (Lipinski definition) is 5. The van der Waals surface area contributed by atoms with E-state index in [4.69, 9.17) is 0 Å². The quantitative estimate of drug-likeness (QED) is 0.188. The van der Waals surface area contributed by atoms with Crippen molar-refractivity contribution < 1.29 is 23.8 Å². The first-order chi connectivity index (χ1) is 5.71. The van der Waals surface area contributed by atoms with E-state index in [1.54, 1.807) is 0 Å². The molecule has 0 amide bonds. The number of ether oxygens (including phenoxy) is 3. The molecule has 70 valence electrons. The van der Waals surface area contributed by atoms with Gasteiger partial charge < -0.3 is 14.2 Å². The molecule has 0 spiro atoms. The molecule has 0 fully saturated rings. The Bertz CT molecular complexity index is 205. The summed E-state index contributed by atoms with van der Waals surface area (Å²) in [6, 6.07) is 0. The standard InChI is InChI=1S/C7H10O5.Na.H/c1-10-6(9)5(4-8)7(11-2)12-3;;/h7H,1-3H3;;. The van der Waals surface area contributed by atoms with Gasteiger partial charge in [0.1, 0.15) is 5.94 Å². The third-order valence-corrected chi connectivity index (χ3v) is 1.18. The molecule has 0 aromatic heterocycles. The Balaban J connectivity index is 0. The molecule has 0 aliphatic rings. The second-order valence-electron chi connectivity index (χ2n) is 1.81. The van der Waals surface area contributed by atoms with Gasteiger partial charge in [0.2, 0.25) is 6.29 Å². The Morgan fingerprint density at radius 1 is 1.23 bits per heavy atom. The zero-order chi connectivity index (χ0) is 9.56. The summed E-state index contributed by atoms with van der Waals surface area (Å²) in [5.41, 5.74) is -0.317. The Morgan fingerprint density at radius 3 is 1.92 bits per heavy atom. The van der Waals surface area contributed by atoms with Crippen LogP contribution in [-0.2, 0) is 23.8 Å². The van der Waals surface area contributed by atoms with Gasteiger partial charge in [-0.15, -0.1) is 0 Å². The van der Waals surface area contributed by atoms with Gasteiger partial charge in [0.05, 0.1) is 7.11 Å². The summed E-state index contributed by atoms with van der Waals surface area (Å²) in [5.74, 6) is 0.590. The first-order valence-electron chi connectivity index (χ1n) is 3.10. The molecule has 0 N–H and O–H groups in total. The van der Waals surface area contributed by atoms with Gasteiger partial charge in [0.25, 0.3) is 0 Å². The Labute approximate surface area is 98.3 Å². The van der Waals surface area contributed by atoms with Crippen LogP contribution >= 0.6 is 0 Å². The molecule has 0 radical (unpaired) electrons. The Morgan fingerprint density at radius 2 is 1.69 bits per heavy atom. The summed E-state index contributed by atoms with van der Waals surface area (Å²) >= 11 is 0. The molecular formula is C7H11NaO5. The van der Waals surface area contributed by atoms with Gasteiger partial charge >= 0.3 is 35.5 Å². The fourth-order valence-electron chi connectivity index (χ4n) is 0.628. The van der Waals surface area contributed by atoms with E-state index in [0.29, 0.717) is 0 Å². The van der Waals surface area contributed by atoms with Gasteiger partial charge in [-0.1, -0.05) is 0 Å². The molecule has 0 bridgehead atoms. The van der Waals surface area contributed by atoms with E-state index in [1.807, 2.05) is 0 Å². The van der Waals surface area contributed by atoms with Crippen molar-refractivity contribution in [2.24, 2.45) is 0 Å². The van der Waals surface area contributed by atoms with Crippen molar-refractivity contribution in [3.63, 3.8) is 0 Å². The van der Waals surface area contributed by atoms with Crippen molar-refractivity contribution >= 4 is 41.5 Å². The third-order valence-electron chi connectivity index (χ3n) is 1.18. The van der Waals surface area contributed by atoms with Crippen LogP contribution in [0.25, 0.3) is 0 Å². The minimum absolute atomic E-state index is 0. The number of hydrogen-bond donors (Lipinski definition) is 0. The second-order valence-corrected chi connectivity index (χ2v) is 1.81. The molecule has 13 heavy (non-hydrogen) atoms. The van der Waals surface area contributed by atoms with Crippen LogP contribution in [0.5, 0.6) is 0 Å². The van der Waals surface area contributed by atoms with E-state index in [1.165, 1.54) is 20.2 Å². The fourth-order valence-corrected chi connectivity index (χ4v) is 0.628. The molecule has 0 aliphatic heterocycles. The van der Waals surface area contributed by atoms with E-state index >= 15 is 0 Å². The topological polar surface area (TPSA) is 61.8 Å². The molecule has 0 saturated heterocycles. The van der Waals surface area contributed by atoms with Crippen molar-refractivity contribution in [2.45, 2.75) is 6.29 Å². The van der Waals surface area contributed by atoms with E-state index in [9.17, 15) is 9.59 Å². The Hall–Kier alpha value is -0.160. The van der Waals surface area contributed by atoms with Crippen LogP contribution in [0.4, 0.5) is 0 Å². The van der Waals surface area contributed by atoms with Crippen LogP contribution in [0.1, 0.15) is 0 Å². The van der Waals surface area contributed by atoms with Crippen LogP contribution in [0.3, 0.4) is 0 Å². The fraction of sp³-hybridized carbons (Fsp3) is 0.571. The minimum atomic E-state index is -1.02. The molecule has 0 unspecified atom stereocenters. The summed E-state index contributed by atoms with van der Waals surface area (Å²) in [6.07, 6.45) is -1.02. The molecule has 5 nitrogen and oxygen atoms in total. The van der Waals surface area contributed by atoms with Crippen LogP contribution < -0.4 is 0 Å². The molecule has 0 heterocycles. The normalized spacial score (nSPS) is 8.62. The zero-order valence-electron chi connectivity index (χ0n) is 7.12. The van der Waals surface area contributed by atoms with Crippen LogP contribution in [0.15, 0.2) is 5.57 Å². The SMILES string of the molecule is COC(=O)C(=C=O)C(OC)OC.[NaH]. The number of carbonyl (C=O) groups excluding carboxylic acids is 2. The maximum absolute atomic E-state index is 10.8. The van der Waals surface area contributed by atoms with E-state index in [0.717, 1.165) is 7.11 Å². The molecular weight excluding hydrogens is 187 g/mol. The summed E-state index contributed by atoms with van der Waals surface area (Å²) in [6.45, 7) is 0. The van der Waals surface area contributed by atoms with Gasteiger partial charge in [-0.3, -0.25) is 0 Å². The van der Waals surface area contributed by atoms with Crippen molar-refractivity contribution in [3.05, 3.63) is 5.57 Å². The summed E-state index contributed by atoms with van der Waals surface area (Å²) < 4.78 is 13.6. The van der Waals surface area contributed by atoms with E-state index in [2.05, 4.69) is 14.2 Å². The third kappa shape index (κ3) is 4.57. The molecule has 0 rings (SSSR count).